The molecule has 0 saturated heterocycles. The van der Waals surface area contributed by atoms with Crippen LogP contribution in [0.25, 0.3) is 0 Å². The molecule has 0 saturated carbocycles. The number of nitrogens with zero attached hydrogens (tertiary/aromatic N) is 2. The summed E-state index contributed by atoms with van der Waals surface area (Å²) in [5.74, 6) is 0.00607. The van der Waals surface area contributed by atoms with Gasteiger partial charge in [0.05, 0.1) is 11.6 Å². The van der Waals surface area contributed by atoms with E-state index in [-0.39, 0.29) is 11.8 Å². The number of benzene rings is 1. The van der Waals surface area contributed by atoms with Crippen molar-refractivity contribution in [3.63, 3.8) is 0 Å². The van der Waals surface area contributed by atoms with Crippen molar-refractivity contribution in [2.75, 3.05) is 6.54 Å². The van der Waals surface area contributed by atoms with Crippen LogP contribution in [0.15, 0.2) is 35.4 Å². The molecule has 0 spiro atoms. The van der Waals surface area contributed by atoms with Crippen molar-refractivity contribution in [2.24, 2.45) is 11.0 Å². The fourth-order valence-electron chi connectivity index (χ4n) is 1.99. The minimum absolute atomic E-state index is 0.116. The lowest BCUT2D eigenvalue weighted by Gasteiger charge is -2.11. The highest BCUT2D eigenvalue weighted by atomic mass is 16.2. The van der Waals surface area contributed by atoms with Crippen molar-refractivity contribution < 1.29 is 4.79 Å². The zero-order chi connectivity index (χ0) is 12.3. The Kier molecular flexibility index (Phi) is 3.57. The Morgan fingerprint density at radius 1 is 1.29 bits per heavy atom. The van der Waals surface area contributed by atoms with E-state index in [0.29, 0.717) is 0 Å². The van der Waals surface area contributed by atoms with E-state index in [2.05, 4.69) is 12.0 Å². The number of hydrazone groups is 1. The molecular formula is C14H18N2O. The summed E-state index contributed by atoms with van der Waals surface area (Å²) in [6.07, 6.45) is 2.08. The fraction of sp³-hybridized carbons (Fsp3) is 0.429. The molecule has 1 aromatic rings. The van der Waals surface area contributed by atoms with Crippen LogP contribution in [0.5, 0.6) is 0 Å². The van der Waals surface area contributed by atoms with Gasteiger partial charge < -0.3 is 0 Å². The zero-order valence-corrected chi connectivity index (χ0v) is 10.4. The van der Waals surface area contributed by atoms with Crippen LogP contribution in [0.4, 0.5) is 0 Å². The number of carbonyl (C=O) groups excluding carboxylic acids is 1. The maximum Gasteiger partial charge on any atom is 0.251 e. The second-order valence-electron chi connectivity index (χ2n) is 4.39. The summed E-state index contributed by atoms with van der Waals surface area (Å²) in [7, 11) is 0. The molecule has 17 heavy (non-hydrogen) atoms. The molecule has 0 fully saturated rings. The standard InChI is InChI=1S/C14H18N2O/c1-3-4-10-16-14(17)11(2)13(15-16)12-8-6-5-7-9-12/h5-9,11H,3-4,10H2,1-2H3. The van der Waals surface area contributed by atoms with Crippen LogP contribution in [0.3, 0.4) is 0 Å². The number of rotatable bonds is 4. The summed E-state index contributed by atoms with van der Waals surface area (Å²) in [6.45, 7) is 4.78. The third-order valence-electron chi connectivity index (χ3n) is 3.06. The highest BCUT2D eigenvalue weighted by Crippen LogP contribution is 2.20. The van der Waals surface area contributed by atoms with Gasteiger partial charge in [-0.3, -0.25) is 4.79 Å². The molecule has 1 amide bonds. The van der Waals surface area contributed by atoms with Crippen LogP contribution >= 0.6 is 0 Å². The van der Waals surface area contributed by atoms with Gasteiger partial charge in [0.1, 0.15) is 0 Å². The molecule has 1 heterocycles. The summed E-state index contributed by atoms with van der Waals surface area (Å²) >= 11 is 0. The first-order chi connectivity index (χ1) is 8.24. The number of amides is 1. The monoisotopic (exact) mass is 230 g/mol. The molecule has 3 nitrogen and oxygen atoms in total. The van der Waals surface area contributed by atoms with Crippen molar-refractivity contribution in [1.29, 1.82) is 0 Å². The summed E-state index contributed by atoms with van der Waals surface area (Å²) in [5.41, 5.74) is 1.94. The lowest BCUT2D eigenvalue weighted by molar-refractivity contribution is -0.131. The van der Waals surface area contributed by atoms with E-state index in [0.717, 1.165) is 30.7 Å². The Bertz CT molecular complexity index is 425. The van der Waals surface area contributed by atoms with Crippen LogP contribution in [0, 0.1) is 5.92 Å². The topological polar surface area (TPSA) is 32.7 Å². The zero-order valence-electron chi connectivity index (χ0n) is 10.4. The van der Waals surface area contributed by atoms with E-state index in [1.165, 1.54) is 0 Å². The summed E-state index contributed by atoms with van der Waals surface area (Å²) in [6, 6.07) is 9.94. The molecule has 0 N–H and O–H groups in total. The van der Waals surface area contributed by atoms with Crippen LogP contribution in [-0.2, 0) is 4.79 Å². The Hall–Kier alpha value is -1.64. The first kappa shape index (κ1) is 11.8. The molecule has 1 aliphatic rings. The van der Waals surface area contributed by atoms with Gasteiger partial charge in [-0.25, -0.2) is 5.01 Å². The summed E-state index contributed by atoms with van der Waals surface area (Å²) in [5, 5.41) is 6.08. The Morgan fingerprint density at radius 2 is 2.00 bits per heavy atom. The molecule has 0 bridgehead atoms. The fourth-order valence-corrected chi connectivity index (χ4v) is 1.99. The molecule has 3 heteroatoms. The Balaban J connectivity index is 2.20. The summed E-state index contributed by atoms with van der Waals surface area (Å²) in [4.78, 5) is 12.0. The van der Waals surface area contributed by atoms with Gasteiger partial charge in [-0.2, -0.15) is 5.10 Å². The van der Waals surface area contributed by atoms with Crippen molar-refractivity contribution in [3.05, 3.63) is 35.9 Å². The number of hydrogen-bond acceptors (Lipinski definition) is 2. The quantitative estimate of drug-likeness (QED) is 0.782. The molecule has 2 rings (SSSR count). The van der Waals surface area contributed by atoms with Gasteiger partial charge >= 0.3 is 0 Å². The van der Waals surface area contributed by atoms with E-state index >= 15 is 0 Å². The smallest absolute Gasteiger partial charge is 0.251 e. The van der Waals surface area contributed by atoms with Gasteiger partial charge in [0.2, 0.25) is 0 Å². The van der Waals surface area contributed by atoms with E-state index in [1.807, 2.05) is 37.3 Å². The van der Waals surface area contributed by atoms with Crippen LogP contribution in [0.1, 0.15) is 32.3 Å². The third-order valence-corrected chi connectivity index (χ3v) is 3.06. The molecule has 0 aromatic heterocycles. The average Bonchev–Trinajstić information content (AvgIpc) is 2.65. The van der Waals surface area contributed by atoms with E-state index in [4.69, 9.17) is 0 Å². The van der Waals surface area contributed by atoms with Gasteiger partial charge in [-0.15, -0.1) is 0 Å². The first-order valence-corrected chi connectivity index (χ1v) is 6.19. The van der Waals surface area contributed by atoms with E-state index in [1.54, 1.807) is 5.01 Å². The van der Waals surface area contributed by atoms with Gasteiger partial charge in [0.15, 0.2) is 0 Å². The molecular weight excluding hydrogens is 212 g/mol. The maximum atomic E-state index is 12.0. The minimum atomic E-state index is -0.116. The van der Waals surface area contributed by atoms with Crippen molar-refractivity contribution in [1.82, 2.24) is 5.01 Å². The van der Waals surface area contributed by atoms with Crippen molar-refractivity contribution in [2.45, 2.75) is 26.7 Å². The molecule has 0 aliphatic carbocycles. The van der Waals surface area contributed by atoms with E-state index < -0.39 is 0 Å². The Morgan fingerprint density at radius 3 is 2.65 bits per heavy atom. The Labute approximate surface area is 102 Å². The second-order valence-corrected chi connectivity index (χ2v) is 4.39. The third kappa shape index (κ3) is 2.38. The number of carbonyl (C=O) groups is 1. The largest absolute Gasteiger partial charge is 0.272 e. The predicted octanol–water partition coefficient (Wildman–Crippen LogP) is 2.67. The molecule has 0 radical (unpaired) electrons. The molecule has 1 aliphatic heterocycles. The normalized spacial score (nSPS) is 19.6. The molecule has 1 aromatic carbocycles. The van der Waals surface area contributed by atoms with Crippen molar-refractivity contribution >= 4 is 11.6 Å². The lowest BCUT2D eigenvalue weighted by atomic mass is 9.99. The SMILES string of the molecule is CCCCN1N=C(c2ccccc2)C(C)C1=O. The molecule has 1 atom stereocenters. The van der Waals surface area contributed by atoms with Crippen LogP contribution in [0.2, 0.25) is 0 Å². The average molecular weight is 230 g/mol. The molecule has 1 unspecified atom stereocenters. The van der Waals surface area contributed by atoms with Crippen molar-refractivity contribution in [3.8, 4) is 0 Å². The van der Waals surface area contributed by atoms with Gasteiger partial charge in [0.25, 0.3) is 5.91 Å². The number of hydrogen-bond donors (Lipinski definition) is 0. The minimum Gasteiger partial charge on any atom is -0.272 e. The molecule has 90 valence electrons. The van der Waals surface area contributed by atoms with Crippen LogP contribution in [-0.4, -0.2) is 23.2 Å². The predicted molar refractivity (Wildman–Crippen MR) is 68.8 cm³/mol. The van der Waals surface area contributed by atoms with E-state index in [9.17, 15) is 4.79 Å². The maximum absolute atomic E-state index is 12.0. The van der Waals surface area contributed by atoms with Gasteiger partial charge in [-0.1, -0.05) is 43.7 Å². The number of unbranched alkanes of at least 4 members (excludes halogenated alkanes) is 1. The first-order valence-electron chi connectivity index (χ1n) is 6.19. The van der Waals surface area contributed by atoms with Crippen LogP contribution < -0.4 is 0 Å². The van der Waals surface area contributed by atoms with Gasteiger partial charge in [-0.05, 0) is 18.9 Å². The lowest BCUT2D eigenvalue weighted by Crippen LogP contribution is -2.26. The summed E-state index contributed by atoms with van der Waals surface area (Å²) < 4.78 is 0. The highest BCUT2D eigenvalue weighted by molar-refractivity contribution is 6.15. The second kappa shape index (κ2) is 5.13. The highest BCUT2D eigenvalue weighted by Gasteiger charge is 2.32. The van der Waals surface area contributed by atoms with Gasteiger partial charge in [0, 0.05) is 6.54 Å².